The van der Waals surface area contributed by atoms with Gasteiger partial charge in [0.05, 0.1) is 0 Å². The van der Waals surface area contributed by atoms with Gasteiger partial charge < -0.3 is 0 Å². The molecule has 0 amide bonds. The molecule has 17 heavy (non-hydrogen) atoms. The summed E-state index contributed by atoms with van der Waals surface area (Å²) in [5, 5.41) is 0. The molecular weight excluding hydrogens is 413 g/mol. The van der Waals surface area contributed by atoms with E-state index in [1.54, 1.807) is 3.64 Å². The van der Waals surface area contributed by atoms with Crippen LogP contribution in [0.25, 0.3) is 6.08 Å². The van der Waals surface area contributed by atoms with Crippen molar-refractivity contribution in [3.63, 3.8) is 0 Å². The molecule has 1 rings (SSSR count). The fourth-order valence-corrected chi connectivity index (χ4v) is 6.00. The van der Waals surface area contributed by atoms with Crippen LogP contribution >= 0.6 is 0 Å². The van der Waals surface area contributed by atoms with Gasteiger partial charge in [0.2, 0.25) is 0 Å². The minimum absolute atomic E-state index is 0.407. The second-order valence-electron chi connectivity index (χ2n) is 3.36. The third-order valence-electron chi connectivity index (χ3n) is 1.81. The van der Waals surface area contributed by atoms with E-state index in [-0.39, 0.29) is 0 Å². The summed E-state index contributed by atoms with van der Waals surface area (Å²) in [5.41, 5.74) is 0.983. The van der Waals surface area contributed by atoms with Crippen molar-refractivity contribution in [3.05, 3.63) is 39.5 Å². The van der Waals surface area contributed by atoms with Crippen LogP contribution in [0.15, 0.2) is 34.0 Å². The van der Waals surface area contributed by atoms with Crippen LogP contribution in [-0.2, 0) is 15.0 Å². The normalized spacial score (nSPS) is 10.0. The molecular formula is C12H13O4Tl. The van der Waals surface area contributed by atoms with Crippen molar-refractivity contribution in [3.8, 4) is 0 Å². The Morgan fingerprint density at radius 2 is 1.59 bits per heavy atom. The van der Waals surface area contributed by atoms with Gasteiger partial charge in [0.15, 0.2) is 0 Å². The molecule has 0 aliphatic rings. The van der Waals surface area contributed by atoms with Crippen LogP contribution in [0.5, 0.6) is 0 Å². The molecule has 0 atom stereocenters. The van der Waals surface area contributed by atoms with Crippen LogP contribution in [-0.4, -0.2) is 35.5 Å². The van der Waals surface area contributed by atoms with E-state index in [0.29, 0.717) is 0 Å². The van der Waals surface area contributed by atoms with Crippen molar-refractivity contribution in [2.75, 3.05) is 0 Å². The maximum atomic E-state index is 10.9. The summed E-state index contributed by atoms with van der Waals surface area (Å²) in [5.74, 6) is -0.814. The van der Waals surface area contributed by atoms with E-state index >= 15 is 0 Å². The van der Waals surface area contributed by atoms with Crippen molar-refractivity contribution in [2.45, 2.75) is 13.8 Å². The number of carbonyl (C=O) groups excluding carboxylic acids is 2. The van der Waals surface area contributed by atoms with E-state index in [1.807, 2.05) is 36.4 Å². The molecule has 0 heterocycles. The second-order valence-corrected chi connectivity index (χ2v) is 9.55. The predicted molar refractivity (Wildman–Crippen MR) is 64.8 cm³/mol. The molecule has 0 radical (unpaired) electrons. The molecule has 0 saturated carbocycles. The van der Waals surface area contributed by atoms with E-state index in [4.69, 9.17) is 5.37 Å². The molecule has 0 bridgehead atoms. The average Bonchev–Trinajstić information content (AvgIpc) is 2.26. The fraction of sp³-hybridized carbons (Fsp3) is 0.167. The number of hydrogen-bond acceptors (Lipinski definition) is 4. The van der Waals surface area contributed by atoms with Crippen molar-refractivity contribution >= 4 is 41.6 Å². The quantitative estimate of drug-likeness (QED) is 0.691. The number of benzene rings is 1. The van der Waals surface area contributed by atoms with Gasteiger partial charge in [0, 0.05) is 0 Å². The molecule has 0 aliphatic heterocycles. The van der Waals surface area contributed by atoms with Crippen LogP contribution in [0.3, 0.4) is 0 Å². The van der Waals surface area contributed by atoms with Crippen LogP contribution in [0.4, 0.5) is 0 Å². The van der Waals surface area contributed by atoms with E-state index in [1.165, 1.54) is 13.8 Å². The zero-order valence-corrected chi connectivity index (χ0v) is 14.2. The van der Waals surface area contributed by atoms with Crippen molar-refractivity contribution in [2.24, 2.45) is 0 Å². The van der Waals surface area contributed by atoms with Crippen LogP contribution in [0, 0.1) is 0 Å². The summed E-state index contributed by atoms with van der Waals surface area (Å²) in [6.45, 7) is 2.62. The zero-order chi connectivity index (χ0) is 12.7. The van der Waals surface area contributed by atoms with E-state index in [9.17, 15) is 9.59 Å². The summed E-state index contributed by atoms with van der Waals surface area (Å²) in [6, 6.07) is 9.57. The summed E-state index contributed by atoms with van der Waals surface area (Å²) < 4.78 is 11.8. The number of hydrogen-bond donors (Lipinski definition) is 0. The molecule has 0 fully saturated rings. The van der Waals surface area contributed by atoms with Gasteiger partial charge >= 0.3 is 110 Å². The zero-order valence-electron chi connectivity index (χ0n) is 9.75. The van der Waals surface area contributed by atoms with Crippen LogP contribution in [0.2, 0.25) is 0 Å². The predicted octanol–water partition coefficient (Wildman–Crippen LogP) is 1.85. The van der Waals surface area contributed by atoms with Crippen LogP contribution in [0.1, 0.15) is 19.4 Å². The molecule has 5 heteroatoms. The topological polar surface area (TPSA) is 52.6 Å². The van der Waals surface area contributed by atoms with Crippen molar-refractivity contribution in [1.29, 1.82) is 0 Å². The first-order chi connectivity index (χ1) is 8.08. The molecule has 88 valence electrons. The third-order valence-corrected chi connectivity index (χ3v) is 8.17. The van der Waals surface area contributed by atoms with Crippen molar-refractivity contribution < 1.29 is 15.0 Å². The Labute approximate surface area is 110 Å². The molecule has 0 N–H and O–H groups in total. The third kappa shape index (κ3) is 6.20. The van der Waals surface area contributed by atoms with Gasteiger partial charge in [0.1, 0.15) is 0 Å². The second kappa shape index (κ2) is 7.21. The van der Waals surface area contributed by atoms with Gasteiger partial charge in [-0.2, -0.15) is 0 Å². The van der Waals surface area contributed by atoms with E-state index < -0.39 is 35.5 Å². The number of rotatable bonds is 4. The Hall–Kier alpha value is -1.18. The SMILES string of the molecule is CC(=O)[O][Tl]([CH]=Cc1ccccc1)[O]C(C)=O. The fourth-order valence-electron chi connectivity index (χ4n) is 1.18. The molecule has 0 aromatic heterocycles. The Bertz CT molecular complexity index is 398. The molecule has 0 aliphatic carbocycles. The van der Waals surface area contributed by atoms with Gasteiger partial charge in [-0.1, -0.05) is 0 Å². The number of carbonyl (C=O) groups is 2. The molecule has 1 aromatic carbocycles. The monoisotopic (exact) mass is 426 g/mol. The Morgan fingerprint density at radius 1 is 1.06 bits per heavy atom. The van der Waals surface area contributed by atoms with Crippen LogP contribution < -0.4 is 0 Å². The molecule has 1 aromatic rings. The average molecular weight is 426 g/mol. The van der Waals surface area contributed by atoms with Gasteiger partial charge in [-0.15, -0.1) is 0 Å². The van der Waals surface area contributed by atoms with Crippen molar-refractivity contribution in [1.82, 2.24) is 0 Å². The summed E-state index contributed by atoms with van der Waals surface area (Å²) in [7, 11) is 0. The van der Waals surface area contributed by atoms with Gasteiger partial charge in [0.25, 0.3) is 0 Å². The summed E-state index contributed by atoms with van der Waals surface area (Å²) >= 11 is -3.25. The Morgan fingerprint density at radius 3 is 2.06 bits per heavy atom. The van der Waals surface area contributed by atoms with Gasteiger partial charge in [-0.05, 0) is 0 Å². The maximum absolute atomic E-state index is 10.9. The molecule has 4 nitrogen and oxygen atoms in total. The molecule has 0 spiro atoms. The minimum atomic E-state index is -3.25. The Kier molecular flexibility index (Phi) is 5.89. The summed E-state index contributed by atoms with van der Waals surface area (Å²) in [4.78, 5) is 21.7. The molecule has 0 saturated heterocycles. The first-order valence-corrected chi connectivity index (χ1v) is 11.4. The van der Waals surface area contributed by atoms with E-state index in [2.05, 4.69) is 0 Å². The standard InChI is InChI=1S/C8H7.2C2H4O2.Tl/c1-2-8-6-4-3-5-7-8;2*1-2(3)4;/h1-7H;2*1H3,(H,3,4);/q;;;+2/p-2. The summed E-state index contributed by atoms with van der Waals surface area (Å²) in [6.07, 6.45) is 1.82. The van der Waals surface area contributed by atoms with Gasteiger partial charge in [-0.25, -0.2) is 0 Å². The Balaban J connectivity index is 2.68. The first-order valence-electron chi connectivity index (χ1n) is 5.15. The van der Waals surface area contributed by atoms with E-state index in [0.717, 1.165) is 5.56 Å². The van der Waals surface area contributed by atoms with Gasteiger partial charge in [-0.3, -0.25) is 0 Å². The first kappa shape index (κ1) is 13.9. The molecule has 0 unspecified atom stereocenters.